The first kappa shape index (κ1) is 18.7. The molecule has 0 radical (unpaired) electrons. The molecule has 1 aliphatic heterocycles. The Labute approximate surface area is 178 Å². The first-order chi connectivity index (χ1) is 15.0. The fourth-order valence-corrected chi connectivity index (χ4v) is 3.76. The van der Waals surface area contributed by atoms with E-state index in [9.17, 15) is 14.4 Å². The predicted octanol–water partition coefficient (Wildman–Crippen LogP) is 4.38. The summed E-state index contributed by atoms with van der Waals surface area (Å²) in [6, 6.07) is 23.6. The molecule has 1 aromatic heterocycles. The van der Waals surface area contributed by atoms with Crippen molar-refractivity contribution in [2.45, 2.75) is 0 Å². The minimum atomic E-state index is -0.378. The van der Waals surface area contributed by atoms with E-state index in [2.05, 4.69) is 5.32 Å². The molecule has 1 N–H and O–H groups in total. The SMILES string of the molecule is CN1C(=O)c2ccc(NC(=O)c3cc(-c4ccccc4)nc4ccccc34)cc2C1=O. The number of imide groups is 1. The fraction of sp³-hybridized carbons (Fsp3) is 0.0400. The predicted molar refractivity (Wildman–Crippen MR) is 118 cm³/mol. The molecule has 4 aromatic rings. The van der Waals surface area contributed by atoms with Crippen LogP contribution < -0.4 is 5.32 Å². The lowest BCUT2D eigenvalue weighted by Crippen LogP contribution is -2.24. The number of rotatable bonds is 3. The Hall–Kier alpha value is -4.32. The lowest BCUT2D eigenvalue weighted by Gasteiger charge is -2.11. The van der Waals surface area contributed by atoms with Crippen LogP contribution in [0.15, 0.2) is 78.9 Å². The van der Waals surface area contributed by atoms with Gasteiger partial charge in [0.25, 0.3) is 17.7 Å². The van der Waals surface area contributed by atoms with Gasteiger partial charge in [-0.1, -0.05) is 48.5 Å². The topological polar surface area (TPSA) is 79.4 Å². The van der Waals surface area contributed by atoms with E-state index in [0.717, 1.165) is 15.8 Å². The smallest absolute Gasteiger partial charge is 0.261 e. The van der Waals surface area contributed by atoms with Crippen molar-refractivity contribution in [3.63, 3.8) is 0 Å². The van der Waals surface area contributed by atoms with Crippen LogP contribution in [0.1, 0.15) is 31.1 Å². The molecule has 1 aliphatic rings. The van der Waals surface area contributed by atoms with Crippen molar-refractivity contribution in [3.05, 3.63) is 95.6 Å². The van der Waals surface area contributed by atoms with E-state index in [1.807, 2.05) is 54.6 Å². The number of hydrogen-bond acceptors (Lipinski definition) is 4. The Balaban J connectivity index is 1.55. The average molecular weight is 407 g/mol. The van der Waals surface area contributed by atoms with Gasteiger partial charge in [0.05, 0.1) is 27.9 Å². The summed E-state index contributed by atoms with van der Waals surface area (Å²) in [7, 11) is 1.44. The fourth-order valence-electron chi connectivity index (χ4n) is 3.76. The summed E-state index contributed by atoms with van der Waals surface area (Å²) >= 11 is 0. The first-order valence-electron chi connectivity index (χ1n) is 9.76. The number of nitrogens with one attached hydrogen (secondary N) is 1. The molecule has 6 heteroatoms. The van der Waals surface area contributed by atoms with Crippen LogP contribution in [-0.4, -0.2) is 34.7 Å². The van der Waals surface area contributed by atoms with Crippen molar-refractivity contribution in [1.82, 2.24) is 9.88 Å². The van der Waals surface area contributed by atoms with Crippen molar-refractivity contribution in [1.29, 1.82) is 0 Å². The number of aromatic nitrogens is 1. The standard InChI is InChI=1S/C25H17N3O3/c1-28-24(30)18-12-11-16(13-20(18)25(28)31)26-23(29)19-14-22(15-7-3-2-4-8-15)27-21-10-6-5-9-17(19)21/h2-14H,1H3,(H,26,29). The number of nitrogens with zero attached hydrogens (tertiary/aromatic N) is 2. The molecule has 150 valence electrons. The van der Waals surface area contributed by atoms with E-state index < -0.39 is 0 Å². The Bertz CT molecular complexity index is 1380. The summed E-state index contributed by atoms with van der Waals surface area (Å²) in [4.78, 5) is 43.4. The lowest BCUT2D eigenvalue weighted by atomic mass is 10.0. The molecule has 0 saturated carbocycles. The zero-order chi connectivity index (χ0) is 21.5. The van der Waals surface area contributed by atoms with Crippen LogP contribution in [0.4, 0.5) is 5.69 Å². The van der Waals surface area contributed by atoms with Crippen LogP contribution in [0.3, 0.4) is 0 Å². The van der Waals surface area contributed by atoms with E-state index in [0.29, 0.717) is 28.0 Å². The zero-order valence-corrected chi connectivity index (χ0v) is 16.6. The number of carbonyl (C=O) groups excluding carboxylic acids is 3. The van der Waals surface area contributed by atoms with E-state index in [4.69, 9.17) is 4.98 Å². The van der Waals surface area contributed by atoms with Crippen LogP contribution >= 0.6 is 0 Å². The van der Waals surface area contributed by atoms with E-state index in [1.54, 1.807) is 24.3 Å². The number of benzene rings is 3. The van der Waals surface area contributed by atoms with Gasteiger partial charge in [0.1, 0.15) is 0 Å². The van der Waals surface area contributed by atoms with Crippen LogP contribution in [-0.2, 0) is 0 Å². The minimum Gasteiger partial charge on any atom is -0.322 e. The van der Waals surface area contributed by atoms with Gasteiger partial charge < -0.3 is 5.32 Å². The molecule has 0 aliphatic carbocycles. The molecule has 0 saturated heterocycles. The molecule has 0 spiro atoms. The van der Waals surface area contributed by atoms with E-state index in [-0.39, 0.29) is 23.3 Å². The minimum absolute atomic E-state index is 0.287. The zero-order valence-electron chi connectivity index (χ0n) is 16.6. The number of fused-ring (bicyclic) bond motifs is 2. The first-order valence-corrected chi connectivity index (χ1v) is 9.76. The Morgan fingerprint density at radius 2 is 1.55 bits per heavy atom. The maximum atomic E-state index is 13.2. The van der Waals surface area contributed by atoms with Crippen molar-refractivity contribution >= 4 is 34.3 Å². The van der Waals surface area contributed by atoms with Gasteiger partial charge in [-0.3, -0.25) is 19.3 Å². The second-order valence-electron chi connectivity index (χ2n) is 7.32. The third-order valence-corrected chi connectivity index (χ3v) is 5.38. The number of para-hydroxylation sites is 1. The molecule has 0 unspecified atom stereocenters. The Morgan fingerprint density at radius 3 is 2.35 bits per heavy atom. The van der Waals surface area contributed by atoms with Crippen LogP contribution in [0.2, 0.25) is 0 Å². The second-order valence-corrected chi connectivity index (χ2v) is 7.32. The van der Waals surface area contributed by atoms with Gasteiger partial charge in [-0.25, -0.2) is 4.98 Å². The quantitative estimate of drug-likeness (QED) is 0.511. The molecule has 0 bridgehead atoms. The highest BCUT2D eigenvalue weighted by atomic mass is 16.2. The van der Waals surface area contributed by atoms with Crippen molar-refractivity contribution < 1.29 is 14.4 Å². The van der Waals surface area contributed by atoms with Gasteiger partial charge in [-0.2, -0.15) is 0 Å². The summed E-state index contributed by atoms with van der Waals surface area (Å²) in [5.41, 5.74) is 3.87. The average Bonchev–Trinajstić information content (AvgIpc) is 3.02. The molecule has 3 aromatic carbocycles. The summed E-state index contributed by atoms with van der Waals surface area (Å²) < 4.78 is 0. The monoisotopic (exact) mass is 407 g/mol. The highest BCUT2D eigenvalue weighted by Crippen LogP contribution is 2.27. The largest absolute Gasteiger partial charge is 0.322 e. The molecule has 3 amide bonds. The highest BCUT2D eigenvalue weighted by molar-refractivity contribution is 6.22. The molecule has 0 fully saturated rings. The highest BCUT2D eigenvalue weighted by Gasteiger charge is 2.32. The third-order valence-electron chi connectivity index (χ3n) is 5.38. The molecule has 5 rings (SSSR count). The lowest BCUT2D eigenvalue weighted by molar-refractivity contribution is 0.0692. The Morgan fingerprint density at radius 1 is 0.839 bits per heavy atom. The van der Waals surface area contributed by atoms with E-state index >= 15 is 0 Å². The number of anilines is 1. The Kier molecular flexibility index (Phi) is 4.33. The van der Waals surface area contributed by atoms with Gasteiger partial charge in [0.15, 0.2) is 0 Å². The summed E-state index contributed by atoms with van der Waals surface area (Å²) in [5, 5.41) is 3.59. The number of hydrogen-bond donors (Lipinski definition) is 1. The number of amides is 3. The molecular formula is C25H17N3O3. The summed E-state index contributed by atoms with van der Waals surface area (Å²) in [6.45, 7) is 0. The van der Waals surface area contributed by atoms with Crippen molar-refractivity contribution in [2.24, 2.45) is 0 Å². The summed E-state index contributed by atoms with van der Waals surface area (Å²) in [5.74, 6) is -1.04. The number of carbonyl (C=O) groups is 3. The van der Waals surface area contributed by atoms with E-state index in [1.165, 1.54) is 7.05 Å². The van der Waals surface area contributed by atoms with Crippen LogP contribution in [0.5, 0.6) is 0 Å². The van der Waals surface area contributed by atoms with Gasteiger partial charge in [0, 0.05) is 23.7 Å². The maximum Gasteiger partial charge on any atom is 0.261 e. The van der Waals surface area contributed by atoms with Crippen molar-refractivity contribution in [2.75, 3.05) is 12.4 Å². The van der Waals surface area contributed by atoms with Crippen molar-refractivity contribution in [3.8, 4) is 11.3 Å². The summed E-state index contributed by atoms with van der Waals surface area (Å²) in [6.07, 6.45) is 0. The van der Waals surface area contributed by atoms with Gasteiger partial charge in [0.2, 0.25) is 0 Å². The number of pyridine rings is 1. The maximum absolute atomic E-state index is 13.2. The van der Waals surface area contributed by atoms with Gasteiger partial charge >= 0.3 is 0 Å². The van der Waals surface area contributed by atoms with Crippen LogP contribution in [0, 0.1) is 0 Å². The molecule has 6 nitrogen and oxygen atoms in total. The third kappa shape index (κ3) is 3.14. The normalized spacial score (nSPS) is 12.9. The molecule has 31 heavy (non-hydrogen) atoms. The van der Waals surface area contributed by atoms with Gasteiger partial charge in [-0.05, 0) is 30.3 Å². The molecular weight excluding hydrogens is 390 g/mol. The van der Waals surface area contributed by atoms with Gasteiger partial charge in [-0.15, -0.1) is 0 Å². The van der Waals surface area contributed by atoms with Crippen LogP contribution in [0.25, 0.3) is 22.2 Å². The molecule has 0 atom stereocenters. The second kappa shape index (κ2) is 7.18. The molecule has 2 heterocycles.